The second-order valence-electron chi connectivity index (χ2n) is 6.69. The van der Waals surface area contributed by atoms with Crippen LogP contribution in [0.1, 0.15) is 23.1 Å². The molecule has 3 aromatic rings. The van der Waals surface area contributed by atoms with Gasteiger partial charge in [-0.1, -0.05) is 24.3 Å². The Balaban J connectivity index is 1.46. The van der Waals surface area contributed by atoms with Gasteiger partial charge in [-0.05, 0) is 53.6 Å². The highest BCUT2D eigenvalue weighted by Gasteiger charge is 2.20. The summed E-state index contributed by atoms with van der Waals surface area (Å²) in [6.45, 7) is 1.34. The Hall–Kier alpha value is -2.95. The highest BCUT2D eigenvalue weighted by atomic mass is 19.1. The molecule has 0 unspecified atom stereocenters. The number of aromatic amines is 1. The molecule has 1 aromatic heterocycles. The molecule has 4 rings (SSSR count). The molecule has 0 spiro atoms. The van der Waals surface area contributed by atoms with E-state index in [1.165, 1.54) is 23.3 Å². The van der Waals surface area contributed by atoms with Crippen molar-refractivity contribution < 1.29 is 9.18 Å². The molecule has 0 fully saturated rings. The largest absolute Gasteiger partial charge is 0.338 e. The average Bonchev–Trinajstić information content (AvgIpc) is 2.65. The fourth-order valence-corrected chi connectivity index (χ4v) is 3.51. The number of hydrogen-bond donors (Lipinski definition) is 1. The minimum atomic E-state index is -0.388. The zero-order valence-corrected chi connectivity index (χ0v) is 14.3. The van der Waals surface area contributed by atoms with E-state index < -0.39 is 0 Å². The lowest BCUT2D eigenvalue weighted by molar-refractivity contribution is -0.132. The summed E-state index contributed by atoms with van der Waals surface area (Å²) in [6, 6.07) is 14.2. The van der Waals surface area contributed by atoms with Crippen LogP contribution in [0.5, 0.6) is 0 Å². The standard InChI is InChI=1S/C21H19FN2O2/c22-18-7-5-15-11-16(21(26)23-19(15)12-18)6-8-20(25)24-10-9-14-3-1-2-4-17(14)13-24/h1-5,7,11-12H,6,8-10,13H2,(H,23,26). The molecule has 0 atom stereocenters. The van der Waals surface area contributed by atoms with Gasteiger partial charge in [0.15, 0.2) is 0 Å². The van der Waals surface area contributed by atoms with Crippen LogP contribution in [0.4, 0.5) is 4.39 Å². The summed E-state index contributed by atoms with van der Waals surface area (Å²) in [5, 5.41) is 0.764. The maximum absolute atomic E-state index is 13.3. The second-order valence-corrected chi connectivity index (χ2v) is 6.69. The van der Waals surface area contributed by atoms with Gasteiger partial charge in [0.2, 0.25) is 5.91 Å². The lowest BCUT2D eigenvalue weighted by atomic mass is 9.99. The molecule has 5 heteroatoms. The number of H-pyrrole nitrogens is 1. The fourth-order valence-electron chi connectivity index (χ4n) is 3.51. The van der Waals surface area contributed by atoms with Crippen LogP contribution in [0, 0.1) is 5.82 Å². The van der Waals surface area contributed by atoms with E-state index in [2.05, 4.69) is 17.1 Å². The van der Waals surface area contributed by atoms with Gasteiger partial charge >= 0.3 is 0 Å². The van der Waals surface area contributed by atoms with Crippen molar-refractivity contribution in [2.24, 2.45) is 0 Å². The maximum atomic E-state index is 13.3. The number of halogens is 1. The van der Waals surface area contributed by atoms with Crippen molar-refractivity contribution in [2.45, 2.75) is 25.8 Å². The molecule has 0 bridgehead atoms. The number of carbonyl (C=O) groups is 1. The Bertz CT molecular complexity index is 1040. The molecule has 1 N–H and O–H groups in total. The molecule has 2 aromatic carbocycles. The highest BCUT2D eigenvalue weighted by Crippen LogP contribution is 2.19. The van der Waals surface area contributed by atoms with Crippen molar-refractivity contribution in [2.75, 3.05) is 6.54 Å². The molecular weight excluding hydrogens is 331 g/mol. The van der Waals surface area contributed by atoms with Gasteiger partial charge in [0.25, 0.3) is 5.56 Å². The Morgan fingerprint density at radius 2 is 1.92 bits per heavy atom. The highest BCUT2D eigenvalue weighted by molar-refractivity contribution is 5.80. The first-order chi connectivity index (χ1) is 12.6. The summed E-state index contributed by atoms with van der Waals surface area (Å²) < 4.78 is 13.3. The predicted molar refractivity (Wildman–Crippen MR) is 98.4 cm³/mol. The molecule has 2 heterocycles. The molecule has 0 saturated heterocycles. The maximum Gasteiger partial charge on any atom is 0.251 e. The monoisotopic (exact) mass is 350 g/mol. The molecule has 4 nitrogen and oxygen atoms in total. The van der Waals surface area contributed by atoms with Crippen LogP contribution in [0.2, 0.25) is 0 Å². The topological polar surface area (TPSA) is 53.2 Å². The predicted octanol–water partition coefficient (Wildman–Crippen LogP) is 3.18. The van der Waals surface area contributed by atoms with Gasteiger partial charge in [0, 0.05) is 25.1 Å². The molecular formula is C21H19FN2O2. The lowest BCUT2D eigenvalue weighted by Crippen LogP contribution is -2.36. The summed E-state index contributed by atoms with van der Waals surface area (Å²) in [4.78, 5) is 29.3. The van der Waals surface area contributed by atoms with Crippen LogP contribution in [0.15, 0.2) is 53.3 Å². The zero-order chi connectivity index (χ0) is 18.1. The molecule has 1 amide bonds. The van der Waals surface area contributed by atoms with Crippen molar-refractivity contribution in [1.82, 2.24) is 9.88 Å². The number of fused-ring (bicyclic) bond motifs is 2. The number of aromatic nitrogens is 1. The summed E-state index contributed by atoms with van der Waals surface area (Å²) in [5.41, 5.74) is 3.25. The van der Waals surface area contributed by atoms with Gasteiger partial charge in [-0.15, -0.1) is 0 Å². The second kappa shape index (κ2) is 6.75. The summed E-state index contributed by atoms with van der Waals surface area (Å²) in [7, 11) is 0. The van der Waals surface area contributed by atoms with E-state index in [0.29, 0.717) is 30.6 Å². The van der Waals surface area contributed by atoms with Gasteiger partial charge in [0.1, 0.15) is 5.82 Å². The first kappa shape index (κ1) is 16.5. The van der Waals surface area contributed by atoms with Gasteiger partial charge in [-0.25, -0.2) is 4.39 Å². The smallest absolute Gasteiger partial charge is 0.251 e. The van der Waals surface area contributed by atoms with Crippen LogP contribution in [0.25, 0.3) is 10.9 Å². The first-order valence-corrected chi connectivity index (χ1v) is 8.76. The minimum absolute atomic E-state index is 0.0538. The molecule has 1 aliphatic heterocycles. The average molecular weight is 350 g/mol. The Morgan fingerprint density at radius 3 is 2.77 bits per heavy atom. The van der Waals surface area contributed by atoms with Crippen molar-refractivity contribution in [3.8, 4) is 0 Å². The fraction of sp³-hybridized carbons (Fsp3) is 0.238. The zero-order valence-electron chi connectivity index (χ0n) is 14.3. The Kier molecular flexibility index (Phi) is 4.29. The van der Waals surface area contributed by atoms with Crippen LogP contribution in [0.3, 0.4) is 0 Å². The van der Waals surface area contributed by atoms with E-state index in [1.807, 2.05) is 17.0 Å². The summed E-state index contributed by atoms with van der Waals surface area (Å²) in [5.74, 6) is -0.334. The van der Waals surface area contributed by atoms with Crippen LogP contribution in [-0.4, -0.2) is 22.3 Å². The Morgan fingerprint density at radius 1 is 1.12 bits per heavy atom. The molecule has 1 aliphatic rings. The number of nitrogens with one attached hydrogen (secondary N) is 1. The number of rotatable bonds is 3. The van der Waals surface area contributed by atoms with E-state index in [-0.39, 0.29) is 23.7 Å². The van der Waals surface area contributed by atoms with Crippen molar-refractivity contribution in [1.29, 1.82) is 0 Å². The Labute approximate surface area is 150 Å². The molecule has 26 heavy (non-hydrogen) atoms. The van der Waals surface area contributed by atoms with Gasteiger partial charge < -0.3 is 9.88 Å². The van der Waals surface area contributed by atoms with Crippen molar-refractivity contribution >= 4 is 16.8 Å². The van der Waals surface area contributed by atoms with E-state index in [1.54, 1.807) is 12.1 Å². The van der Waals surface area contributed by atoms with Gasteiger partial charge in [0.05, 0.1) is 5.52 Å². The third kappa shape index (κ3) is 3.25. The van der Waals surface area contributed by atoms with Crippen molar-refractivity contribution in [3.63, 3.8) is 0 Å². The SMILES string of the molecule is O=C(CCc1cc2ccc(F)cc2[nH]c1=O)N1CCc2ccccc2C1. The normalized spacial score (nSPS) is 13.7. The van der Waals surface area contributed by atoms with Gasteiger partial charge in [-0.2, -0.15) is 0 Å². The van der Waals surface area contributed by atoms with E-state index >= 15 is 0 Å². The minimum Gasteiger partial charge on any atom is -0.338 e. The number of aryl methyl sites for hydroxylation is 1. The molecule has 132 valence electrons. The number of amides is 1. The molecule has 0 aliphatic carbocycles. The number of pyridine rings is 1. The summed E-state index contributed by atoms with van der Waals surface area (Å²) in [6.07, 6.45) is 1.53. The summed E-state index contributed by atoms with van der Waals surface area (Å²) >= 11 is 0. The van der Waals surface area contributed by atoms with E-state index in [9.17, 15) is 14.0 Å². The lowest BCUT2D eigenvalue weighted by Gasteiger charge is -2.29. The quantitative estimate of drug-likeness (QED) is 0.789. The number of nitrogens with zero attached hydrogens (tertiary/aromatic N) is 1. The third-order valence-electron chi connectivity index (χ3n) is 4.98. The molecule has 0 radical (unpaired) electrons. The number of carbonyl (C=O) groups excluding carboxylic acids is 1. The van der Waals surface area contributed by atoms with E-state index in [4.69, 9.17) is 0 Å². The number of hydrogen-bond acceptors (Lipinski definition) is 2. The van der Waals surface area contributed by atoms with Crippen LogP contribution in [-0.2, 0) is 24.2 Å². The molecule has 0 saturated carbocycles. The van der Waals surface area contributed by atoms with Crippen LogP contribution < -0.4 is 5.56 Å². The van der Waals surface area contributed by atoms with Crippen molar-refractivity contribution in [3.05, 3.63) is 81.4 Å². The van der Waals surface area contributed by atoms with Gasteiger partial charge in [-0.3, -0.25) is 9.59 Å². The third-order valence-corrected chi connectivity index (χ3v) is 4.98. The van der Waals surface area contributed by atoms with E-state index in [0.717, 1.165) is 11.8 Å². The van der Waals surface area contributed by atoms with Crippen LogP contribution >= 0.6 is 0 Å². The number of benzene rings is 2. The first-order valence-electron chi connectivity index (χ1n) is 8.76.